The molecule has 0 unspecified atom stereocenters. The second-order valence-electron chi connectivity index (χ2n) is 10.9. The normalized spacial score (nSPS) is 22.4. The minimum absolute atomic E-state index is 0.291. The van der Waals surface area contributed by atoms with E-state index in [1.165, 1.54) is 0 Å². The van der Waals surface area contributed by atoms with Gasteiger partial charge in [0.1, 0.15) is 11.6 Å². The van der Waals surface area contributed by atoms with E-state index in [2.05, 4.69) is 20.9 Å². The Morgan fingerprint density at radius 2 is 1.60 bits per heavy atom. The van der Waals surface area contributed by atoms with E-state index in [0.717, 1.165) is 37.9 Å². The summed E-state index contributed by atoms with van der Waals surface area (Å²) in [5.74, 6) is 0.382. The van der Waals surface area contributed by atoms with Crippen LogP contribution in [0, 0.1) is 20.8 Å². The lowest BCUT2D eigenvalue weighted by Crippen LogP contribution is -2.49. The number of halogens is 1. The second kappa shape index (κ2) is 8.75. The standard InChI is InChI=1S/C34H27BrN2O3/c1-19-9-13-24(14-10-19)34-29(22-7-5-4-6-8-22)27-30(33(34,39)28-21(3)17-20(2)18-26(28)40-34)36-31(37-32(27)38)23-11-15-25(35)16-12-23/h4-18,29,39H,1-3H3,(H,36,37,38)/t29-,33+,34+/m1/s1. The van der Waals surface area contributed by atoms with Gasteiger partial charge >= 0.3 is 0 Å². The van der Waals surface area contributed by atoms with E-state index in [1.807, 2.05) is 112 Å². The molecule has 5 nitrogen and oxygen atoms in total. The Labute approximate surface area is 240 Å². The zero-order valence-corrected chi connectivity index (χ0v) is 23.9. The number of rotatable bonds is 3. The molecule has 0 saturated heterocycles. The summed E-state index contributed by atoms with van der Waals surface area (Å²) in [5, 5.41) is 13.3. The van der Waals surface area contributed by atoms with Gasteiger partial charge in [0.15, 0.2) is 11.2 Å². The number of aliphatic hydroxyl groups is 1. The number of ether oxygens (including phenoxy) is 1. The molecule has 0 amide bonds. The number of fused-ring (bicyclic) bond motifs is 5. The zero-order valence-electron chi connectivity index (χ0n) is 22.3. The second-order valence-corrected chi connectivity index (χ2v) is 11.8. The van der Waals surface area contributed by atoms with Crippen LogP contribution in [0.25, 0.3) is 11.4 Å². The first-order chi connectivity index (χ1) is 19.2. The maximum Gasteiger partial charge on any atom is 0.255 e. The summed E-state index contributed by atoms with van der Waals surface area (Å²) in [5.41, 5.74) is 3.42. The third-order valence-electron chi connectivity index (χ3n) is 8.34. The largest absolute Gasteiger partial charge is 0.477 e. The number of H-pyrrole nitrogens is 1. The summed E-state index contributed by atoms with van der Waals surface area (Å²) in [6.07, 6.45) is 0. The van der Waals surface area contributed by atoms with Gasteiger partial charge in [0.05, 0.1) is 17.2 Å². The van der Waals surface area contributed by atoms with Gasteiger partial charge in [-0.1, -0.05) is 94.3 Å². The van der Waals surface area contributed by atoms with Crippen molar-refractivity contribution in [3.8, 4) is 17.1 Å². The van der Waals surface area contributed by atoms with Gasteiger partial charge in [-0.25, -0.2) is 4.98 Å². The first kappa shape index (κ1) is 25.0. The molecule has 6 heteroatoms. The van der Waals surface area contributed by atoms with Gasteiger partial charge in [-0.15, -0.1) is 0 Å². The van der Waals surface area contributed by atoms with E-state index in [0.29, 0.717) is 28.4 Å². The Morgan fingerprint density at radius 1 is 0.900 bits per heavy atom. The lowest BCUT2D eigenvalue weighted by Gasteiger charge is -2.40. The van der Waals surface area contributed by atoms with Crippen molar-refractivity contribution in [3.63, 3.8) is 0 Å². The first-order valence-electron chi connectivity index (χ1n) is 13.3. The highest BCUT2D eigenvalue weighted by Gasteiger charge is 2.73. The van der Waals surface area contributed by atoms with Crippen LogP contribution in [0.3, 0.4) is 0 Å². The van der Waals surface area contributed by atoms with Crippen molar-refractivity contribution in [2.24, 2.45) is 0 Å². The fraction of sp³-hybridized carbons (Fsp3) is 0.176. The van der Waals surface area contributed by atoms with Crippen molar-refractivity contribution in [1.82, 2.24) is 9.97 Å². The van der Waals surface area contributed by atoms with Crippen LogP contribution < -0.4 is 10.3 Å². The minimum Gasteiger partial charge on any atom is -0.477 e. The highest BCUT2D eigenvalue weighted by molar-refractivity contribution is 9.10. The van der Waals surface area contributed by atoms with Crippen molar-refractivity contribution in [3.05, 3.63) is 150 Å². The summed E-state index contributed by atoms with van der Waals surface area (Å²) in [6, 6.07) is 29.5. The minimum atomic E-state index is -1.73. The van der Waals surface area contributed by atoms with Gasteiger partial charge in [0.25, 0.3) is 5.56 Å². The van der Waals surface area contributed by atoms with E-state index in [-0.39, 0.29) is 5.56 Å². The molecule has 0 saturated carbocycles. The summed E-state index contributed by atoms with van der Waals surface area (Å²) in [4.78, 5) is 22.2. The molecule has 2 aliphatic rings. The average molecular weight is 592 g/mol. The highest BCUT2D eigenvalue weighted by Crippen LogP contribution is 2.68. The van der Waals surface area contributed by atoms with Crippen molar-refractivity contribution < 1.29 is 9.84 Å². The number of nitrogens with zero attached hydrogens (tertiary/aromatic N) is 1. The van der Waals surface area contributed by atoms with Gasteiger partial charge in [0, 0.05) is 21.2 Å². The predicted octanol–water partition coefficient (Wildman–Crippen LogP) is 6.79. The van der Waals surface area contributed by atoms with Gasteiger partial charge in [-0.05, 0) is 55.7 Å². The summed E-state index contributed by atoms with van der Waals surface area (Å²) < 4.78 is 7.95. The average Bonchev–Trinajstić information content (AvgIpc) is 3.32. The number of hydrogen-bond donors (Lipinski definition) is 2. The molecule has 1 aliphatic carbocycles. The Bertz CT molecular complexity index is 1850. The molecule has 0 fully saturated rings. The van der Waals surface area contributed by atoms with Gasteiger partial charge < -0.3 is 14.8 Å². The van der Waals surface area contributed by atoms with Crippen molar-refractivity contribution in [1.29, 1.82) is 0 Å². The number of aromatic nitrogens is 2. The number of nitrogens with one attached hydrogen (secondary N) is 1. The molecule has 0 bridgehead atoms. The van der Waals surface area contributed by atoms with Crippen LogP contribution >= 0.6 is 15.9 Å². The number of aromatic amines is 1. The SMILES string of the molecule is Cc1ccc([C@@]23Oc4cc(C)cc(C)c4[C@]2(O)c2nc(-c4ccc(Br)cc4)[nH]c(=O)c2[C@H]3c2ccccc2)cc1. The lowest BCUT2D eigenvalue weighted by molar-refractivity contribution is -0.0905. The smallest absolute Gasteiger partial charge is 0.255 e. The van der Waals surface area contributed by atoms with Crippen LogP contribution in [0.15, 0.2) is 100 Å². The van der Waals surface area contributed by atoms with Crippen LogP contribution in [0.1, 0.15) is 50.6 Å². The van der Waals surface area contributed by atoms with Gasteiger partial charge in [-0.2, -0.15) is 0 Å². The van der Waals surface area contributed by atoms with Crippen molar-refractivity contribution >= 4 is 15.9 Å². The molecule has 3 atom stereocenters. The Hall–Kier alpha value is -4.00. The predicted molar refractivity (Wildman–Crippen MR) is 159 cm³/mol. The van der Waals surface area contributed by atoms with Crippen LogP contribution in [-0.4, -0.2) is 15.1 Å². The maximum atomic E-state index is 14.1. The molecule has 4 aromatic carbocycles. The molecule has 0 spiro atoms. The van der Waals surface area contributed by atoms with Crippen LogP contribution in [0.5, 0.6) is 5.75 Å². The topological polar surface area (TPSA) is 75.2 Å². The number of hydrogen-bond acceptors (Lipinski definition) is 4. The van der Waals surface area contributed by atoms with E-state index in [1.54, 1.807) is 0 Å². The lowest BCUT2D eigenvalue weighted by atomic mass is 9.69. The summed E-state index contributed by atoms with van der Waals surface area (Å²) in [7, 11) is 0. The molecular formula is C34H27BrN2O3. The molecule has 0 radical (unpaired) electrons. The quantitative estimate of drug-likeness (QED) is 0.242. The fourth-order valence-electron chi connectivity index (χ4n) is 6.72. The van der Waals surface area contributed by atoms with E-state index < -0.39 is 17.1 Å². The molecule has 1 aliphatic heterocycles. The van der Waals surface area contributed by atoms with E-state index in [4.69, 9.17) is 9.72 Å². The van der Waals surface area contributed by atoms with Crippen LogP contribution in [0.4, 0.5) is 0 Å². The molecular weight excluding hydrogens is 564 g/mol. The van der Waals surface area contributed by atoms with Gasteiger partial charge in [0.2, 0.25) is 0 Å². The molecule has 40 heavy (non-hydrogen) atoms. The Balaban J connectivity index is 1.63. The highest BCUT2D eigenvalue weighted by atomic mass is 79.9. The maximum absolute atomic E-state index is 14.1. The molecule has 7 rings (SSSR count). The monoisotopic (exact) mass is 590 g/mol. The van der Waals surface area contributed by atoms with Gasteiger partial charge in [-0.3, -0.25) is 4.79 Å². The van der Waals surface area contributed by atoms with Crippen LogP contribution in [0.2, 0.25) is 0 Å². The third kappa shape index (κ3) is 3.30. The molecule has 198 valence electrons. The van der Waals surface area contributed by atoms with E-state index >= 15 is 0 Å². The molecule has 2 heterocycles. The summed E-state index contributed by atoms with van der Waals surface area (Å²) >= 11 is 3.48. The molecule has 1 aromatic heterocycles. The summed E-state index contributed by atoms with van der Waals surface area (Å²) in [6.45, 7) is 6.03. The number of aryl methyl sites for hydroxylation is 3. The molecule has 5 aromatic rings. The third-order valence-corrected chi connectivity index (χ3v) is 8.87. The van der Waals surface area contributed by atoms with Crippen molar-refractivity contribution in [2.75, 3.05) is 0 Å². The zero-order chi connectivity index (χ0) is 27.8. The number of benzene rings is 4. The first-order valence-corrected chi connectivity index (χ1v) is 14.1. The van der Waals surface area contributed by atoms with Crippen LogP contribution in [-0.2, 0) is 11.2 Å². The Morgan fingerprint density at radius 3 is 2.30 bits per heavy atom. The Kier molecular flexibility index (Phi) is 5.47. The fourth-order valence-corrected chi connectivity index (χ4v) is 6.99. The van der Waals surface area contributed by atoms with Crippen molar-refractivity contribution in [2.45, 2.75) is 37.9 Å². The van der Waals surface area contributed by atoms with E-state index in [9.17, 15) is 9.90 Å². The molecule has 2 N–H and O–H groups in total.